The Labute approximate surface area is 198 Å². The minimum atomic E-state index is -0.458. The normalized spacial score (nSPS) is 13.6. The third kappa shape index (κ3) is 5.11. The van der Waals surface area contributed by atoms with E-state index in [1.165, 1.54) is 7.11 Å². The van der Waals surface area contributed by atoms with E-state index in [1.54, 1.807) is 12.1 Å². The van der Waals surface area contributed by atoms with E-state index in [2.05, 4.69) is 4.90 Å². The van der Waals surface area contributed by atoms with Crippen molar-refractivity contribution >= 4 is 23.5 Å². The van der Waals surface area contributed by atoms with Crippen LogP contribution in [0.5, 0.6) is 0 Å². The van der Waals surface area contributed by atoms with Crippen LogP contribution in [0.15, 0.2) is 67.0 Å². The van der Waals surface area contributed by atoms with Gasteiger partial charge in [-0.1, -0.05) is 36.4 Å². The minimum absolute atomic E-state index is 0.0405. The molecule has 0 aliphatic carbocycles. The summed E-state index contributed by atoms with van der Waals surface area (Å²) in [7, 11) is 1.37. The fraction of sp³-hybridized carbons (Fsp3) is 0.269. The molecule has 2 amide bonds. The lowest BCUT2D eigenvalue weighted by Gasteiger charge is -2.36. The van der Waals surface area contributed by atoms with E-state index in [0.29, 0.717) is 43.9 Å². The van der Waals surface area contributed by atoms with Crippen LogP contribution in [-0.2, 0) is 16.1 Å². The van der Waals surface area contributed by atoms with Crippen molar-refractivity contribution in [3.8, 4) is 11.1 Å². The molecule has 0 saturated carbocycles. The average Bonchev–Trinajstić information content (AvgIpc) is 3.32. The average molecular weight is 461 g/mol. The maximum absolute atomic E-state index is 13.5. The van der Waals surface area contributed by atoms with Crippen molar-refractivity contribution < 1.29 is 19.1 Å². The number of esters is 1. The molecule has 0 atom stereocenters. The molecule has 1 saturated heterocycles. The standard InChI is InChI=1S/C26H28N4O4/c1-34-24(31)10-11-28-17-22(19-6-3-2-4-7-19)23(18-28)26(33)30-14-12-29(13-15-30)21-9-5-8-20(16-21)25(27)32/h2-9,16-18H,10-15H2,1H3,(H2,27,32). The topological polar surface area (TPSA) is 97.9 Å². The third-order valence-corrected chi connectivity index (χ3v) is 6.06. The first kappa shape index (κ1) is 23.1. The molecule has 2 N–H and O–H groups in total. The molecule has 8 nitrogen and oxygen atoms in total. The molecule has 2 aromatic carbocycles. The number of hydrogen-bond acceptors (Lipinski definition) is 5. The van der Waals surface area contributed by atoms with E-state index in [4.69, 9.17) is 10.5 Å². The molecule has 2 heterocycles. The van der Waals surface area contributed by atoms with Gasteiger partial charge in [0, 0.05) is 61.9 Å². The number of rotatable bonds is 7. The number of primary amides is 1. The molecule has 176 valence electrons. The highest BCUT2D eigenvalue weighted by Gasteiger charge is 2.26. The Morgan fingerprint density at radius 3 is 2.35 bits per heavy atom. The minimum Gasteiger partial charge on any atom is -0.469 e. The van der Waals surface area contributed by atoms with Crippen molar-refractivity contribution in [2.24, 2.45) is 5.73 Å². The zero-order valence-corrected chi connectivity index (χ0v) is 19.1. The molecule has 34 heavy (non-hydrogen) atoms. The van der Waals surface area contributed by atoms with E-state index in [1.807, 2.05) is 64.3 Å². The molecular formula is C26H28N4O4. The monoisotopic (exact) mass is 460 g/mol. The number of aromatic nitrogens is 1. The van der Waals surface area contributed by atoms with E-state index in [-0.39, 0.29) is 18.3 Å². The van der Waals surface area contributed by atoms with Gasteiger partial charge in [-0.25, -0.2) is 0 Å². The first-order valence-electron chi connectivity index (χ1n) is 11.2. The molecule has 0 radical (unpaired) electrons. The van der Waals surface area contributed by atoms with E-state index in [0.717, 1.165) is 16.8 Å². The number of amides is 2. The van der Waals surface area contributed by atoms with Gasteiger partial charge in [-0.2, -0.15) is 0 Å². The number of anilines is 1. The molecule has 1 aliphatic heterocycles. The molecule has 1 fully saturated rings. The number of benzene rings is 2. The molecular weight excluding hydrogens is 432 g/mol. The van der Waals surface area contributed by atoms with Gasteiger partial charge in [0.15, 0.2) is 0 Å². The van der Waals surface area contributed by atoms with Crippen LogP contribution in [0.2, 0.25) is 0 Å². The predicted molar refractivity (Wildman–Crippen MR) is 130 cm³/mol. The van der Waals surface area contributed by atoms with Crippen molar-refractivity contribution in [1.29, 1.82) is 0 Å². The summed E-state index contributed by atoms with van der Waals surface area (Å²) in [6, 6.07) is 17.0. The van der Waals surface area contributed by atoms with Gasteiger partial charge in [0.1, 0.15) is 0 Å². The highest BCUT2D eigenvalue weighted by molar-refractivity contribution is 6.01. The lowest BCUT2D eigenvalue weighted by molar-refractivity contribution is -0.140. The third-order valence-electron chi connectivity index (χ3n) is 6.06. The second kappa shape index (κ2) is 10.2. The van der Waals surface area contributed by atoms with Crippen LogP contribution in [0, 0.1) is 0 Å². The van der Waals surface area contributed by atoms with Crippen molar-refractivity contribution in [1.82, 2.24) is 9.47 Å². The van der Waals surface area contributed by atoms with Crippen molar-refractivity contribution in [2.75, 3.05) is 38.2 Å². The molecule has 1 aromatic heterocycles. The number of aryl methyl sites for hydroxylation is 1. The molecule has 0 spiro atoms. The first-order chi connectivity index (χ1) is 16.5. The van der Waals surface area contributed by atoms with Crippen LogP contribution in [0.25, 0.3) is 11.1 Å². The quantitative estimate of drug-likeness (QED) is 0.547. The van der Waals surface area contributed by atoms with E-state index >= 15 is 0 Å². The Balaban J connectivity index is 1.51. The summed E-state index contributed by atoms with van der Waals surface area (Å²) in [5.41, 5.74) is 9.20. The summed E-state index contributed by atoms with van der Waals surface area (Å²) in [6.07, 6.45) is 3.96. The number of piperazine rings is 1. The molecule has 0 bridgehead atoms. The van der Waals surface area contributed by atoms with Crippen molar-refractivity contribution in [3.63, 3.8) is 0 Å². The summed E-state index contributed by atoms with van der Waals surface area (Å²) in [5, 5.41) is 0. The molecule has 3 aromatic rings. The molecule has 8 heteroatoms. The summed E-state index contributed by atoms with van der Waals surface area (Å²) < 4.78 is 6.62. The van der Waals surface area contributed by atoms with Crippen LogP contribution in [0.4, 0.5) is 5.69 Å². The van der Waals surface area contributed by atoms with Crippen LogP contribution >= 0.6 is 0 Å². The van der Waals surface area contributed by atoms with Gasteiger partial charge in [0.05, 0.1) is 19.1 Å². The SMILES string of the molecule is COC(=O)CCn1cc(C(=O)N2CCN(c3cccc(C(N)=O)c3)CC2)c(-c2ccccc2)c1. The van der Waals surface area contributed by atoms with E-state index in [9.17, 15) is 14.4 Å². The van der Waals surface area contributed by atoms with Gasteiger partial charge in [-0.3, -0.25) is 14.4 Å². The zero-order valence-electron chi connectivity index (χ0n) is 19.1. The summed E-state index contributed by atoms with van der Waals surface area (Å²) in [6.45, 7) is 2.85. The Morgan fingerprint density at radius 2 is 1.68 bits per heavy atom. The van der Waals surface area contributed by atoms with Crippen molar-refractivity contribution in [3.05, 3.63) is 78.1 Å². The van der Waals surface area contributed by atoms with E-state index < -0.39 is 5.91 Å². The maximum Gasteiger partial charge on any atom is 0.307 e. The maximum atomic E-state index is 13.5. The molecule has 4 rings (SSSR count). The smallest absolute Gasteiger partial charge is 0.307 e. The first-order valence-corrected chi connectivity index (χ1v) is 11.2. The van der Waals surface area contributed by atoms with Gasteiger partial charge in [0.2, 0.25) is 5.91 Å². The van der Waals surface area contributed by atoms with Gasteiger partial charge in [-0.15, -0.1) is 0 Å². The van der Waals surface area contributed by atoms with Crippen molar-refractivity contribution in [2.45, 2.75) is 13.0 Å². The highest BCUT2D eigenvalue weighted by Crippen LogP contribution is 2.27. The van der Waals surface area contributed by atoms with Crippen LogP contribution in [0.3, 0.4) is 0 Å². The second-order valence-corrected chi connectivity index (χ2v) is 8.21. The largest absolute Gasteiger partial charge is 0.469 e. The summed E-state index contributed by atoms with van der Waals surface area (Å²) in [5.74, 6) is -0.790. The number of hydrogen-bond donors (Lipinski definition) is 1. The number of carbonyl (C=O) groups is 3. The Morgan fingerprint density at radius 1 is 0.941 bits per heavy atom. The lowest BCUT2D eigenvalue weighted by atomic mass is 10.0. The number of methoxy groups -OCH3 is 1. The molecule has 0 unspecified atom stereocenters. The summed E-state index contributed by atoms with van der Waals surface area (Å²) >= 11 is 0. The summed E-state index contributed by atoms with van der Waals surface area (Å²) in [4.78, 5) is 40.6. The number of nitrogens with zero attached hydrogens (tertiary/aromatic N) is 3. The Bertz CT molecular complexity index is 1180. The number of carbonyl (C=O) groups excluding carboxylic acids is 3. The Hall–Kier alpha value is -4.07. The predicted octanol–water partition coefficient (Wildman–Crippen LogP) is 2.78. The zero-order chi connectivity index (χ0) is 24.1. The molecule has 1 aliphatic rings. The second-order valence-electron chi connectivity index (χ2n) is 8.21. The van der Waals surface area contributed by atoms with Gasteiger partial charge in [-0.05, 0) is 23.8 Å². The van der Waals surface area contributed by atoms with Gasteiger partial charge in [0.25, 0.3) is 5.91 Å². The number of ether oxygens (including phenoxy) is 1. The van der Waals surface area contributed by atoms with Gasteiger partial charge < -0.3 is 24.8 Å². The van der Waals surface area contributed by atoms with Crippen LogP contribution < -0.4 is 10.6 Å². The lowest BCUT2D eigenvalue weighted by Crippen LogP contribution is -2.48. The fourth-order valence-corrected chi connectivity index (χ4v) is 4.17. The fourth-order valence-electron chi connectivity index (χ4n) is 4.17. The Kier molecular flexibility index (Phi) is 6.96. The van der Waals surface area contributed by atoms with Crippen LogP contribution in [0.1, 0.15) is 27.1 Å². The highest BCUT2D eigenvalue weighted by atomic mass is 16.5. The van der Waals surface area contributed by atoms with Crippen LogP contribution in [-0.4, -0.2) is 60.5 Å². The van der Waals surface area contributed by atoms with Gasteiger partial charge >= 0.3 is 5.97 Å². The number of nitrogens with two attached hydrogens (primary N) is 1.